The Balaban J connectivity index is 1.26. The molecule has 6 rings (SSSR count). The maximum absolute atomic E-state index is 13.1. The summed E-state index contributed by atoms with van der Waals surface area (Å²) in [4.78, 5) is 30.3. The second-order valence-corrected chi connectivity index (χ2v) is 8.67. The van der Waals surface area contributed by atoms with E-state index in [0.717, 1.165) is 22.6 Å². The number of nitrogens with one attached hydrogen (secondary N) is 2. The molecule has 0 saturated carbocycles. The van der Waals surface area contributed by atoms with Crippen molar-refractivity contribution in [1.29, 1.82) is 0 Å². The molecule has 0 atom stereocenters. The normalized spacial score (nSPS) is 11.0. The molecule has 2 aromatic carbocycles. The van der Waals surface area contributed by atoms with Crippen LogP contribution in [-0.2, 0) is 11.3 Å². The lowest BCUT2D eigenvalue weighted by atomic mass is 10.2. The number of hydrogen-bond acceptors (Lipinski definition) is 9. The third kappa shape index (κ3) is 4.93. The number of anilines is 5. The van der Waals surface area contributed by atoms with E-state index in [-0.39, 0.29) is 18.4 Å². The number of imidazole rings is 1. The van der Waals surface area contributed by atoms with Crippen molar-refractivity contribution in [3.63, 3.8) is 0 Å². The predicted molar refractivity (Wildman–Crippen MR) is 149 cm³/mol. The van der Waals surface area contributed by atoms with E-state index in [1.54, 1.807) is 33.8 Å². The third-order valence-electron chi connectivity index (χ3n) is 5.90. The van der Waals surface area contributed by atoms with E-state index < -0.39 is 0 Å². The summed E-state index contributed by atoms with van der Waals surface area (Å²) in [6.45, 7) is -0.0608. The van der Waals surface area contributed by atoms with Gasteiger partial charge in [0.2, 0.25) is 11.9 Å². The zero-order valence-electron chi connectivity index (χ0n) is 20.6. The van der Waals surface area contributed by atoms with Crippen LogP contribution in [0.15, 0.2) is 91.5 Å². The molecule has 0 unspecified atom stereocenters. The predicted octanol–water partition coefficient (Wildman–Crippen LogP) is 3.62. The maximum atomic E-state index is 13.1. The summed E-state index contributed by atoms with van der Waals surface area (Å²) in [5, 5.41) is 10.7. The van der Waals surface area contributed by atoms with E-state index in [1.807, 2.05) is 60.7 Å². The summed E-state index contributed by atoms with van der Waals surface area (Å²) < 4.78 is 3.37. The van der Waals surface area contributed by atoms with Gasteiger partial charge in [-0.3, -0.25) is 9.78 Å². The van der Waals surface area contributed by atoms with Crippen LogP contribution in [0, 0.1) is 0 Å². The van der Waals surface area contributed by atoms with Crippen molar-refractivity contribution in [2.75, 3.05) is 22.1 Å². The van der Waals surface area contributed by atoms with Crippen molar-refractivity contribution < 1.29 is 4.79 Å². The van der Waals surface area contributed by atoms with Gasteiger partial charge in [0.05, 0.1) is 17.7 Å². The Bertz CT molecular complexity index is 1700. The fourth-order valence-electron chi connectivity index (χ4n) is 4.13. The number of nitrogen functional groups attached to an aromatic ring is 2. The van der Waals surface area contributed by atoms with E-state index in [1.165, 1.54) is 6.33 Å². The fourth-order valence-corrected chi connectivity index (χ4v) is 4.13. The van der Waals surface area contributed by atoms with Crippen molar-refractivity contribution in [3.8, 4) is 16.9 Å². The molecule has 6 aromatic rings. The number of carbonyl (C=O) groups excluding carboxylic acids is 1. The quantitative estimate of drug-likeness (QED) is 0.231. The van der Waals surface area contributed by atoms with E-state index in [2.05, 4.69) is 35.7 Å². The van der Waals surface area contributed by atoms with Crippen LogP contribution in [0.4, 0.5) is 29.0 Å². The third-order valence-corrected chi connectivity index (χ3v) is 5.90. The fraction of sp³-hybridized carbons (Fsp3) is 0.0370. The molecule has 1 amide bonds. The summed E-state index contributed by atoms with van der Waals surface area (Å²) in [5.41, 5.74) is 16.5. The highest BCUT2D eigenvalue weighted by atomic mass is 16.2. The Morgan fingerprint density at radius 2 is 1.77 bits per heavy atom. The largest absolute Gasteiger partial charge is 0.399 e. The minimum Gasteiger partial charge on any atom is -0.399 e. The number of nitrogens with zero attached hydrogens (tertiary/aromatic N) is 7. The molecule has 0 bridgehead atoms. The van der Waals surface area contributed by atoms with Gasteiger partial charge >= 0.3 is 0 Å². The number of benzene rings is 2. The highest BCUT2D eigenvalue weighted by molar-refractivity contribution is 5.92. The first-order chi connectivity index (χ1) is 19.0. The first kappa shape index (κ1) is 23.6. The summed E-state index contributed by atoms with van der Waals surface area (Å²) in [7, 11) is 0. The van der Waals surface area contributed by atoms with Gasteiger partial charge in [-0.15, -0.1) is 5.10 Å². The molecule has 12 heteroatoms. The summed E-state index contributed by atoms with van der Waals surface area (Å²) >= 11 is 0. The molecule has 0 radical (unpaired) electrons. The van der Waals surface area contributed by atoms with Gasteiger partial charge in [-0.05, 0) is 48.5 Å². The van der Waals surface area contributed by atoms with E-state index in [0.29, 0.717) is 28.5 Å². The number of fused-ring (bicyclic) bond motifs is 1. The zero-order chi connectivity index (χ0) is 26.8. The van der Waals surface area contributed by atoms with Gasteiger partial charge < -0.3 is 26.7 Å². The second kappa shape index (κ2) is 9.94. The molecule has 4 heterocycles. The van der Waals surface area contributed by atoms with E-state index >= 15 is 0 Å². The second-order valence-electron chi connectivity index (χ2n) is 8.67. The molecular formula is C27H23N11O. The average molecular weight is 518 g/mol. The Hall–Kier alpha value is -5.78. The van der Waals surface area contributed by atoms with Crippen LogP contribution in [0.1, 0.15) is 0 Å². The molecule has 0 spiro atoms. The number of carbonyl (C=O) groups is 1. The molecule has 6 N–H and O–H groups in total. The molecule has 4 aromatic heterocycles. The minimum absolute atomic E-state index is 0.0466. The Kier molecular flexibility index (Phi) is 6.01. The molecule has 192 valence electrons. The van der Waals surface area contributed by atoms with E-state index in [9.17, 15) is 4.79 Å². The first-order valence-corrected chi connectivity index (χ1v) is 12.0. The van der Waals surface area contributed by atoms with Crippen LogP contribution in [0.3, 0.4) is 0 Å². The molecular weight excluding hydrogens is 494 g/mol. The highest BCUT2D eigenvalue weighted by Crippen LogP contribution is 2.26. The summed E-state index contributed by atoms with van der Waals surface area (Å²) in [6.07, 6.45) is 4.98. The van der Waals surface area contributed by atoms with Crippen LogP contribution in [0.5, 0.6) is 0 Å². The topological polar surface area (TPSA) is 167 Å². The summed E-state index contributed by atoms with van der Waals surface area (Å²) in [5.74, 6) is 0.552. The van der Waals surface area contributed by atoms with Crippen molar-refractivity contribution in [2.24, 2.45) is 0 Å². The van der Waals surface area contributed by atoms with Crippen molar-refractivity contribution in [1.82, 2.24) is 34.3 Å². The molecule has 39 heavy (non-hydrogen) atoms. The van der Waals surface area contributed by atoms with Crippen molar-refractivity contribution >= 4 is 46.0 Å². The van der Waals surface area contributed by atoms with Crippen molar-refractivity contribution in [3.05, 3.63) is 91.5 Å². The van der Waals surface area contributed by atoms with Crippen LogP contribution >= 0.6 is 0 Å². The van der Waals surface area contributed by atoms with Crippen LogP contribution < -0.4 is 22.1 Å². The van der Waals surface area contributed by atoms with E-state index in [4.69, 9.17) is 11.5 Å². The molecule has 0 aliphatic rings. The molecule has 0 aliphatic carbocycles. The number of hydrogen-bond donors (Lipinski definition) is 4. The van der Waals surface area contributed by atoms with Gasteiger partial charge in [-0.2, -0.15) is 9.97 Å². The molecule has 12 nitrogen and oxygen atoms in total. The minimum atomic E-state index is -0.310. The van der Waals surface area contributed by atoms with Crippen molar-refractivity contribution in [2.45, 2.75) is 6.54 Å². The maximum Gasteiger partial charge on any atom is 0.245 e. The van der Waals surface area contributed by atoms with Crippen LogP contribution in [0.2, 0.25) is 0 Å². The number of nitrogens with two attached hydrogens (primary N) is 2. The highest BCUT2D eigenvalue weighted by Gasteiger charge is 2.17. The van der Waals surface area contributed by atoms with Gasteiger partial charge in [0.1, 0.15) is 6.54 Å². The SMILES string of the molecule is Nc1ccc(Nc2nc(N)nc3c2ncn3CC(=O)Nc2cc(-c3cccnc3)n(-c3ccccc3)n2)cc1. The molecule has 0 aliphatic heterocycles. The van der Waals surface area contributed by atoms with Crippen LogP contribution in [-0.4, -0.2) is 40.2 Å². The lowest BCUT2D eigenvalue weighted by Gasteiger charge is -2.08. The van der Waals surface area contributed by atoms with Gasteiger partial charge in [-0.25, -0.2) is 9.67 Å². The van der Waals surface area contributed by atoms with Gasteiger partial charge in [0.15, 0.2) is 22.8 Å². The smallest absolute Gasteiger partial charge is 0.245 e. The first-order valence-electron chi connectivity index (χ1n) is 12.0. The molecule has 0 fully saturated rings. The number of para-hydroxylation sites is 1. The zero-order valence-corrected chi connectivity index (χ0v) is 20.6. The number of rotatable bonds is 7. The number of amides is 1. The monoisotopic (exact) mass is 517 g/mol. The Morgan fingerprint density at radius 3 is 2.54 bits per heavy atom. The Morgan fingerprint density at radius 1 is 0.949 bits per heavy atom. The Labute approximate surface area is 222 Å². The average Bonchev–Trinajstić information content (AvgIpc) is 3.55. The summed E-state index contributed by atoms with van der Waals surface area (Å²) in [6, 6.07) is 22.4. The van der Waals surface area contributed by atoms with Gasteiger partial charge in [0, 0.05) is 35.4 Å². The lowest BCUT2D eigenvalue weighted by Crippen LogP contribution is -2.19. The van der Waals surface area contributed by atoms with Gasteiger partial charge in [-0.1, -0.05) is 18.2 Å². The standard InChI is InChI=1S/C27H23N11O/c28-18-8-10-19(11-9-18)32-25-24-26(35-27(29)34-25)37(16-31-24)15-23(39)33-22-13-21(17-5-4-12-30-14-17)38(36-22)20-6-2-1-3-7-20/h1-14,16H,15,28H2,(H,33,36,39)(H3,29,32,34,35). The molecule has 0 saturated heterocycles. The number of pyridine rings is 1. The van der Waals surface area contributed by atoms with Crippen LogP contribution in [0.25, 0.3) is 28.1 Å². The lowest BCUT2D eigenvalue weighted by molar-refractivity contribution is -0.116. The number of aromatic nitrogens is 7. The van der Waals surface area contributed by atoms with Gasteiger partial charge in [0.25, 0.3) is 0 Å².